The van der Waals surface area contributed by atoms with E-state index in [1.165, 1.54) is 65.2 Å². The van der Waals surface area contributed by atoms with Crippen molar-refractivity contribution in [3.8, 4) is 17.6 Å². The summed E-state index contributed by atoms with van der Waals surface area (Å²) in [6.45, 7) is 0.984. The Hall–Kier alpha value is -6.12. The Morgan fingerprint density at radius 2 is 1.42 bits per heavy atom. The van der Waals surface area contributed by atoms with Crippen LogP contribution in [0.15, 0.2) is 125 Å². The molecule has 2 amide bonds. The number of anilines is 2. The number of halogens is 6. The highest BCUT2D eigenvalue weighted by Gasteiger charge is 2.36. The van der Waals surface area contributed by atoms with Crippen molar-refractivity contribution in [3.63, 3.8) is 0 Å². The highest BCUT2D eigenvalue weighted by molar-refractivity contribution is 7.99. The van der Waals surface area contributed by atoms with Gasteiger partial charge in [0, 0.05) is 77.0 Å². The van der Waals surface area contributed by atoms with Gasteiger partial charge in [-0.15, -0.1) is 11.8 Å². The molecule has 0 spiro atoms. The second-order valence-corrected chi connectivity index (χ2v) is 16.0. The van der Waals surface area contributed by atoms with Gasteiger partial charge in [0.05, 0.1) is 16.0 Å². The summed E-state index contributed by atoms with van der Waals surface area (Å²) in [5, 5.41) is 12.4. The molecule has 0 radical (unpaired) electrons. The van der Waals surface area contributed by atoms with Crippen LogP contribution in [0.25, 0.3) is 0 Å². The second kappa shape index (κ2) is 17.8. The minimum atomic E-state index is -4.90. The minimum absolute atomic E-state index is 0.0385. The molecule has 0 unspecified atom stereocenters. The molecule has 17 heteroatoms. The third-order valence-electron chi connectivity index (χ3n) is 9.03. The SMILES string of the molecule is O=C(NS(=O)(=O)c1ccc(NCCSc2ccccc2)c(C(F)(F)F)c1)c1ccc(N2CCN(C(=O)c3cc(C#Cc4cccc(O)c4)cc(C(F)(F)F)c3)CC2)cc1. The van der Waals surface area contributed by atoms with E-state index >= 15 is 0 Å². The largest absolute Gasteiger partial charge is 0.508 e. The van der Waals surface area contributed by atoms with Crippen molar-refractivity contribution >= 4 is 45.0 Å². The summed E-state index contributed by atoms with van der Waals surface area (Å²) >= 11 is 1.44. The molecule has 0 bridgehead atoms. The van der Waals surface area contributed by atoms with Crippen LogP contribution in [0.3, 0.4) is 0 Å². The van der Waals surface area contributed by atoms with Gasteiger partial charge in [0.25, 0.3) is 21.8 Å². The number of alkyl halides is 6. The summed E-state index contributed by atoms with van der Waals surface area (Å²) in [5.74, 6) is 4.01. The molecule has 0 saturated carbocycles. The fraction of sp³-hybridized carbons (Fsp3) is 0.190. The smallest absolute Gasteiger partial charge is 0.418 e. The van der Waals surface area contributed by atoms with Gasteiger partial charge < -0.3 is 20.2 Å². The Morgan fingerprint density at radius 3 is 2.08 bits per heavy atom. The molecule has 59 heavy (non-hydrogen) atoms. The molecule has 5 aromatic rings. The lowest BCUT2D eigenvalue weighted by Gasteiger charge is -2.36. The van der Waals surface area contributed by atoms with Crippen molar-refractivity contribution in [2.75, 3.05) is 48.7 Å². The molecule has 306 valence electrons. The first kappa shape index (κ1) is 42.5. The number of phenolic OH excluding ortho intramolecular Hbond substituents is 1. The maximum atomic E-state index is 14.0. The monoisotopic (exact) mass is 852 g/mol. The first-order valence-corrected chi connectivity index (χ1v) is 20.3. The number of thioether (sulfide) groups is 1. The van der Waals surface area contributed by atoms with Gasteiger partial charge >= 0.3 is 12.4 Å². The molecule has 0 aliphatic carbocycles. The number of nitrogens with zero attached hydrogens (tertiary/aromatic N) is 2. The van der Waals surface area contributed by atoms with Crippen LogP contribution in [0.1, 0.15) is 43.0 Å². The Bertz CT molecular complexity index is 2500. The number of amides is 2. The van der Waals surface area contributed by atoms with Crippen LogP contribution in [0.4, 0.5) is 37.7 Å². The van der Waals surface area contributed by atoms with E-state index in [1.807, 2.05) is 40.0 Å². The van der Waals surface area contributed by atoms with Gasteiger partial charge in [0.15, 0.2) is 0 Å². The molecule has 1 fully saturated rings. The lowest BCUT2D eigenvalue weighted by atomic mass is 10.0. The molecule has 9 nitrogen and oxygen atoms in total. The maximum absolute atomic E-state index is 14.0. The van der Waals surface area contributed by atoms with E-state index in [0.29, 0.717) is 23.1 Å². The van der Waals surface area contributed by atoms with Gasteiger partial charge in [-0.25, -0.2) is 13.1 Å². The van der Waals surface area contributed by atoms with Crippen molar-refractivity contribution in [2.45, 2.75) is 22.1 Å². The van der Waals surface area contributed by atoms with Gasteiger partial charge in [-0.3, -0.25) is 9.59 Å². The zero-order valence-electron chi connectivity index (χ0n) is 30.8. The predicted molar refractivity (Wildman–Crippen MR) is 212 cm³/mol. The Balaban J connectivity index is 1.07. The Morgan fingerprint density at radius 1 is 0.729 bits per heavy atom. The van der Waals surface area contributed by atoms with Crippen LogP contribution >= 0.6 is 11.8 Å². The van der Waals surface area contributed by atoms with Crippen LogP contribution in [0.2, 0.25) is 0 Å². The van der Waals surface area contributed by atoms with E-state index in [4.69, 9.17) is 0 Å². The lowest BCUT2D eigenvalue weighted by molar-refractivity contribution is -0.138. The van der Waals surface area contributed by atoms with Crippen LogP contribution in [-0.2, 0) is 22.4 Å². The molecule has 6 rings (SSSR count). The first-order valence-electron chi connectivity index (χ1n) is 17.8. The molecule has 1 saturated heterocycles. The summed E-state index contributed by atoms with van der Waals surface area (Å²) in [7, 11) is -4.73. The number of piperazine rings is 1. The van der Waals surface area contributed by atoms with Crippen molar-refractivity contribution < 1.29 is 49.5 Å². The van der Waals surface area contributed by atoms with Crippen molar-refractivity contribution in [2.24, 2.45) is 0 Å². The third-order valence-corrected chi connectivity index (χ3v) is 11.4. The second-order valence-electron chi connectivity index (χ2n) is 13.2. The summed E-state index contributed by atoms with van der Waals surface area (Å²) in [4.78, 5) is 29.8. The number of sulfonamides is 1. The maximum Gasteiger partial charge on any atom is 0.418 e. The number of aromatic hydroxyl groups is 1. The Kier molecular flexibility index (Phi) is 12.8. The van der Waals surface area contributed by atoms with Gasteiger partial charge in [-0.05, 0) is 91.0 Å². The van der Waals surface area contributed by atoms with Gasteiger partial charge in [0.1, 0.15) is 5.75 Å². The average molecular weight is 853 g/mol. The van der Waals surface area contributed by atoms with E-state index in [2.05, 4.69) is 17.2 Å². The van der Waals surface area contributed by atoms with E-state index in [9.17, 15) is 49.5 Å². The number of carbonyl (C=O) groups excluding carboxylic acids is 2. The zero-order valence-corrected chi connectivity index (χ0v) is 32.4. The van der Waals surface area contributed by atoms with E-state index in [-0.39, 0.29) is 60.9 Å². The van der Waals surface area contributed by atoms with Gasteiger partial charge in [-0.2, -0.15) is 26.3 Å². The predicted octanol–water partition coefficient (Wildman–Crippen LogP) is 8.11. The van der Waals surface area contributed by atoms with Gasteiger partial charge in [-0.1, -0.05) is 36.1 Å². The number of hydrogen-bond acceptors (Lipinski definition) is 8. The third kappa shape index (κ3) is 11.1. The number of nitrogens with one attached hydrogen (secondary N) is 2. The molecule has 3 N–H and O–H groups in total. The highest BCUT2D eigenvalue weighted by atomic mass is 32.2. The summed E-state index contributed by atoms with van der Waals surface area (Å²) in [6, 6.07) is 26.2. The molecule has 1 aliphatic heterocycles. The quantitative estimate of drug-likeness (QED) is 0.0559. The molecule has 1 aliphatic rings. The summed E-state index contributed by atoms with van der Waals surface area (Å²) < 4.78 is 111. The molecule has 1 heterocycles. The first-order chi connectivity index (χ1) is 28.0. The zero-order chi connectivity index (χ0) is 42.4. The molecular formula is C42H34F6N4O5S2. The fourth-order valence-corrected chi connectivity index (χ4v) is 7.87. The number of phenols is 1. The molecule has 0 aromatic heterocycles. The number of carbonyl (C=O) groups is 2. The van der Waals surface area contributed by atoms with Crippen LogP contribution in [-0.4, -0.2) is 68.7 Å². The number of rotatable bonds is 10. The summed E-state index contributed by atoms with van der Waals surface area (Å²) in [5.41, 5.74) is -1.93. The Labute approximate surface area is 340 Å². The van der Waals surface area contributed by atoms with Crippen molar-refractivity contribution in [1.82, 2.24) is 9.62 Å². The summed E-state index contributed by atoms with van der Waals surface area (Å²) in [6.07, 6.45) is -9.64. The van der Waals surface area contributed by atoms with E-state index in [1.54, 1.807) is 6.07 Å². The van der Waals surface area contributed by atoms with Crippen molar-refractivity contribution in [3.05, 3.63) is 149 Å². The van der Waals surface area contributed by atoms with Crippen molar-refractivity contribution in [1.29, 1.82) is 0 Å². The van der Waals surface area contributed by atoms with E-state index < -0.39 is 50.2 Å². The normalized spacial score (nSPS) is 13.3. The van der Waals surface area contributed by atoms with E-state index in [0.717, 1.165) is 29.2 Å². The van der Waals surface area contributed by atoms with Gasteiger partial charge in [0.2, 0.25) is 0 Å². The lowest BCUT2D eigenvalue weighted by Crippen LogP contribution is -2.48. The topological polar surface area (TPSA) is 119 Å². The fourth-order valence-electron chi connectivity index (χ4n) is 6.08. The molecular weight excluding hydrogens is 819 g/mol. The number of benzene rings is 5. The highest BCUT2D eigenvalue weighted by Crippen LogP contribution is 2.37. The minimum Gasteiger partial charge on any atom is -0.508 e. The van der Waals surface area contributed by atoms with Crippen LogP contribution < -0.4 is 14.9 Å². The van der Waals surface area contributed by atoms with Crippen LogP contribution in [0, 0.1) is 11.8 Å². The standard InChI is InChI=1S/C42H34F6N4O5S2/c43-41(44,45)32-24-29(10-9-28-5-4-6-34(53)25-28)23-31(26-32)40(55)52-20-18-51(19-21-52)33-13-11-30(12-14-33)39(54)50-59(56,57)36-15-16-38(37(27-36)42(46,47)48)49-17-22-58-35-7-2-1-3-8-35/h1-8,11-16,23-27,49,53H,17-22H2,(H,50,54). The average Bonchev–Trinajstić information content (AvgIpc) is 3.21. The molecule has 0 atom stereocenters. The molecule has 5 aromatic carbocycles. The van der Waals surface area contributed by atoms with Crippen LogP contribution in [0.5, 0.6) is 5.75 Å². The number of hydrogen-bond donors (Lipinski definition) is 3.